The van der Waals surface area contributed by atoms with E-state index in [4.69, 9.17) is 9.15 Å². The molecular formula is C31H35FN4O4. The van der Waals surface area contributed by atoms with E-state index in [2.05, 4.69) is 16.5 Å². The van der Waals surface area contributed by atoms with E-state index in [0.29, 0.717) is 31.3 Å². The Morgan fingerprint density at radius 1 is 1.12 bits per heavy atom. The Morgan fingerprint density at radius 3 is 2.58 bits per heavy atom. The van der Waals surface area contributed by atoms with Crippen LogP contribution >= 0.6 is 0 Å². The summed E-state index contributed by atoms with van der Waals surface area (Å²) in [5.41, 5.74) is 3.17. The number of halogens is 1. The van der Waals surface area contributed by atoms with Gasteiger partial charge >= 0.3 is 0 Å². The Morgan fingerprint density at radius 2 is 1.88 bits per heavy atom. The van der Waals surface area contributed by atoms with Gasteiger partial charge in [-0.15, -0.1) is 6.58 Å². The zero-order chi connectivity index (χ0) is 28.2. The van der Waals surface area contributed by atoms with E-state index in [1.165, 1.54) is 18.4 Å². The van der Waals surface area contributed by atoms with Crippen molar-refractivity contribution >= 4 is 11.8 Å². The average Bonchev–Trinajstić information content (AvgIpc) is 3.45. The minimum atomic E-state index is -0.347. The Hall–Kier alpha value is -3.98. The molecule has 0 radical (unpaired) electrons. The van der Waals surface area contributed by atoms with E-state index >= 15 is 0 Å². The molecule has 1 fully saturated rings. The third-order valence-corrected chi connectivity index (χ3v) is 7.49. The number of piperazine rings is 1. The molecule has 40 heavy (non-hydrogen) atoms. The molecule has 2 aliphatic heterocycles. The lowest BCUT2D eigenvalue weighted by Crippen LogP contribution is -2.48. The molecule has 1 atom stereocenters. The maximum Gasteiger partial charge on any atom is 0.275 e. The quantitative estimate of drug-likeness (QED) is 0.388. The number of fused-ring (bicyclic) bond motifs is 1. The first-order valence-electron chi connectivity index (χ1n) is 13.7. The van der Waals surface area contributed by atoms with Crippen molar-refractivity contribution in [1.82, 2.24) is 19.7 Å². The normalized spacial score (nSPS) is 17.6. The molecule has 0 spiro atoms. The SMILES string of the molecule is C=CCN1CCN(C(=O)c2coc(COc3ccc4c(c3)C(c3ccc(F)cc3)N(C(=O)C(C)C)CC4)n2)CC1. The Balaban J connectivity index is 1.30. The number of aromatic nitrogens is 1. The molecule has 0 saturated carbocycles. The maximum atomic E-state index is 13.7. The molecule has 5 rings (SSSR count). The van der Waals surface area contributed by atoms with Gasteiger partial charge in [-0.25, -0.2) is 9.37 Å². The summed E-state index contributed by atoms with van der Waals surface area (Å²) in [7, 11) is 0. The van der Waals surface area contributed by atoms with E-state index in [0.717, 1.165) is 42.7 Å². The fourth-order valence-corrected chi connectivity index (χ4v) is 5.36. The predicted molar refractivity (Wildman–Crippen MR) is 148 cm³/mol. The van der Waals surface area contributed by atoms with Gasteiger partial charge in [-0.2, -0.15) is 0 Å². The second-order valence-electron chi connectivity index (χ2n) is 10.5. The lowest BCUT2D eigenvalue weighted by Gasteiger charge is -2.39. The Kier molecular flexibility index (Phi) is 8.30. The lowest BCUT2D eigenvalue weighted by molar-refractivity contribution is -0.136. The van der Waals surface area contributed by atoms with Crippen LogP contribution in [0.1, 0.15) is 53.0 Å². The molecule has 1 aromatic heterocycles. The van der Waals surface area contributed by atoms with Crippen LogP contribution in [0.4, 0.5) is 4.39 Å². The van der Waals surface area contributed by atoms with Gasteiger partial charge in [-0.1, -0.05) is 38.1 Å². The summed E-state index contributed by atoms with van der Waals surface area (Å²) >= 11 is 0. The fourth-order valence-electron chi connectivity index (χ4n) is 5.36. The van der Waals surface area contributed by atoms with Crippen LogP contribution in [0.3, 0.4) is 0 Å². The summed E-state index contributed by atoms with van der Waals surface area (Å²) < 4.78 is 25.3. The number of carbonyl (C=O) groups excluding carboxylic acids is 2. The first kappa shape index (κ1) is 27.6. The molecule has 0 bridgehead atoms. The highest BCUT2D eigenvalue weighted by molar-refractivity contribution is 5.92. The summed E-state index contributed by atoms with van der Waals surface area (Å²) in [5, 5.41) is 0. The molecule has 3 heterocycles. The third kappa shape index (κ3) is 5.94. The van der Waals surface area contributed by atoms with E-state index in [1.54, 1.807) is 17.0 Å². The summed E-state index contributed by atoms with van der Waals surface area (Å²) in [6.07, 6.45) is 3.97. The van der Waals surface area contributed by atoms with Crippen LogP contribution in [-0.4, -0.2) is 70.8 Å². The number of carbonyl (C=O) groups is 2. The van der Waals surface area contributed by atoms with Gasteiger partial charge in [0.1, 0.15) is 17.8 Å². The number of rotatable bonds is 8. The predicted octanol–water partition coefficient (Wildman–Crippen LogP) is 4.47. The van der Waals surface area contributed by atoms with Gasteiger partial charge in [0.2, 0.25) is 11.8 Å². The standard InChI is InChI=1S/C31H35FN4O4/c1-4-12-34-14-16-35(17-15-34)31(38)27-19-40-28(33-27)20-39-25-10-7-22-11-13-36(30(37)21(2)3)29(26(22)18-25)23-5-8-24(32)9-6-23/h4-10,18-19,21,29H,1,11-17,20H2,2-3H3. The third-order valence-electron chi connectivity index (χ3n) is 7.49. The number of oxazole rings is 1. The van der Waals surface area contributed by atoms with Crippen molar-refractivity contribution in [1.29, 1.82) is 0 Å². The molecule has 210 valence electrons. The molecule has 2 amide bonds. The molecule has 9 heteroatoms. The molecular weight excluding hydrogens is 511 g/mol. The van der Waals surface area contributed by atoms with Gasteiger partial charge in [0.05, 0.1) is 6.04 Å². The minimum Gasteiger partial charge on any atom is -0.484 e. The van der Waals surface area contributed by atoms with Crippen molar-refractivity contribution in [3.05, 3.63) is 95.5 Å². The Labute approximate surface area is 234 Å². The minimum absolute atomic E-state index is 0.0467. The molecule has 8 nitrogen and oxygen atoms in total. The lowest BCUT2D eigenvalue weighted by atomic mass is 9.87. The monoisotopic (exact) mass is 546 g/mol. The van der Waals surface area contributed by atoms with Gasteiger partial charge < -0.3 is 19.0 Å². The average molecular weight is 547 g/mol. The van der Waals surface area contributed by atoms with Gasteiger partial charge in [0.15, 0.2) is 12.3 Å². The highest BCUT2D eigenvalue weighted by atomic mass is 19.1. The van der Waals surface area contributed by atoms with Crippen LogP contribution in [0, 0.1) is 11.7 Å². The smallest absolute Gasteiger partial charge is 0.275 e. The number of nitrogens with zero attached hydrogens (tertiary/aromatic N) is 4. The van der Waals surface area contributed by atoms with Gasteiger partial charge in [-0.05, 0) is 47.4 Å². The number of hydrogen-bond acceptors (Lipinski definition) is 6. The van der Waals surface area contributed by atoms with Crippen molar-refractivity contribution < 1.29 is 23.1 Å². The van der Waals surface area contributed by atoms with Crippen LogP contribution in [0.2, 0.25) is 0 Å². The molecule has 1 saturated heterocycles. The number of ether oxygens (including phenoxy) is 1. The zero-order valence-corrected chi connectivity index (χ0v) is 23.0. The summed E-state index contributed by atoms with van der Waals surface area (Å²) in [6, 6.07) is 11.8. The highest BCUT2D eigenvalue weighted by Crippen LogP contribution is 2.38. The van der Waals surface area contributed by atoms with E-state index < -0.39 is 0 Å². The second kappa shape index (κ2) is 12.0. The van der Waals surface area contributed by atoms with Crippen LogP contribution in [-0.2, 0) is 17.8 Å². The number of amides is 2. The first-order valence-corrected chi connectivity index (χ1v) is 13.7. The number of benzene rings is 2. The van der Waals surface area contributed by atoms with Gasteiger partial charge in [0.25, 0.3) is 5.91 Å². The van der Waals surface area contributed by atoms with Crippen LogP contribution in [0.5, 0.6) is 5.75 Å². The summed E-state index contributed by atoms with van der Waals surface area (Å²) in [6.45, 7) is 11.8. The van der Waals surface area contributed by atoms with E-state index in [-0.39, 0.29) is 41.9 Å². The zero-order valence-electron chi connectivity index (χ0n) is 23.0. The fraction of sp³-hybridized carbons (Fsp3) is 0.387. The maximum absolute atomic E-state index is 13.7. The van der Waals surface area contributed by atoms with Crippen molar-refractivity contribution in [2.75, 3.05) is 39.3 Å². The molecule has 3 aromatic rings. The van der Waals surface area contributed by atoms with Gasteiger partial charge in [0, 0.05) is 45.2 Å². The molecule has 0 N–H and O–H groups in total. The molecule has 0 aliphatic carbocycles. The van der Waals surface area contributed by atoms with Crippen LogP contribution in [0.15, 0.2) is 65.8 Å². The van der Waals surface area contributed by atoms with Crippen molar-refractivity contribution in [2.24, 2.45) is 5.92 Å². The summed E-state index contributed by atoms with van der Waals surface area (Å²) in [5.74, 6) is 0.302. The highest BCUT2D eigenvalue weighted by Gasteiger charge is 2.33. The first-order chi connectivity index (χ1) is 19.3. The summed E-state index contributed by atoms with van der Waals surface area (Å²) in [4.78, 5) is 36.3. The van der Waals surface area contributed by atoms with E-state index in [1.807, 2.05) is 43.0 Å². The van der Waals surface area contributed by atoms with Crippen molar-refractivity contribution in [2.45, 2.75) is 32.9 Å². The van der Waals surface area contributed by atoms with Crippen LogP contribution < -0.4 is 4.74 Å². The Bertz CT molecular complexity index is 1360. The van der Waals surface area contributed by atoms with Crippen molar-refractivity contribution in [3.8, 4) is 5.75 Å². The van der Waals surface area contributed by atoms with E-state index in [9.17, 15) is 14.0 Å². The largest absolute Gasteiger partial charge is 0.484 e. The van der Waals surface area contributed by atoms with Crippen LogP contribution in [0.25, 0.3) is 0 Å². The van der Waals surface area contributed by atoms with Crippen molar-refractivity contribution in [3.63, 3.8) is 0 Å². The topological polar surface area (TPSA) is 79.1 Å². The second-order valence-corrected chi connectivity index (χ2v) is 10.5. The van der Waals surface area contributed by atoms with Gasteiger partial charge in [-0.3, -0.25) is 14.5 Å². The molecule has 2 aromatic carbocycles. The number of hydrogen-bond donors (Lipinski definition) is 0. The molecule has 2 aliphatic rings. The molecule has 1 unspecified atom stereocenters.